The summed E-state index contributed by atoms with van der Waals surface area (Å²) < 4.78 is 17.0. The van der Waals surface area contributed by atoms with Crippen molar-refractivity contribution in [2.75, 3.05) is 7.11 Å². The van der Waals surface area contributed by atoms with Crippen LogP contribution in [0.25, 0.3) is 0 Å². The number of rotatable bonds is 3. The first kappa shape index (κ1) is 20.1. The van der Waals surface area contributed by atoms with Crippen LogP contribution in [0, 0.1) is 17.3 Å². The Morgan fingerprint density at radius 2 is 2.04 bits per heavy atom. The summed E-state index contributed by atoms with van der Waals surface area (Å²) in [7, 11) is 1.51. The molecule has 6 atom stereocenters. The van der Waals surface area contributed by atoms with E-state index in [9.17, 15) is 14.7 Å². The molecule has 150 valence electrons. The highest BCUT2D eigenvalue weighted by molar-refractivity contribution is 5.92. The molecule has 1 aliphatic heterocycles. The zero-order valence-electron chi connectivity index (χ0n) is 17.0. The van der Waals surface area contributed by atoms with Crippen molar-refractivity contribution in [1.29, 1.82) is 0 Å². The van der Waals surface area contributed by atoms with Crippen LogP contribution >= 0.6 is 0 Å². The third-order valence-corrected chi connectivity index (χ3v) is 7.32. The molecule has 3 aliphatic rings. The molecule has 0 aromatic rings. The van der Waals surface area contributed by atoms with Crippen molar-refractivity contribution in [3.05, 3.63) is 22.8 Å². The molecule has 0 saturated heterocycles. The van der Waals surface area contributed by atoms with Gasteiger partial charge in [0, 0.05) is 41.6 Å². The Hall–Kier alpha value is -1.66. The number of carbonyl (C=O) groups excluding carboxylic acids is 2. The summed E-state index contributed by atoms with van der Waals surface area (Å²) in [5, 5.41) is 11.4. The first-order valence-corrected chi connectivity index (χ1v) is 9.64. The molecule has 0 spiro atoms. The lowest BCUT2D eigenvalue weighted by molar-refractivity contribution is -0.241. The Balaban J connectivity index is 1.95. The van der Waals surface area contributed by atoms with E-state index >= 15 is 0 Å². The van der Waals surface area contributed by atoms with Crippen LogP contribution in [0.1, 0.15) is 53.9 Å². The highest BCUT2D eigenvalue weighted by Gasteiger charge is 2.65. The average molecular weight is 378 g/mol. The molecule has 1 heterocycles. The maximum atomic E-state index is 12.3. The normalized spacial score (nSPS) is 41.7. The van der Waals surface area contributed by atoms with Crippen molar-refractivity contribution in [2.24, 2.45) is 17.3 Å². The minimum Gasteiger partial charge on any atom is -0.459 e. The summed E-state index contributed by atoms with van der Waals surface area (Å²) in [6.07, 6.45) is 2.54. The van der Waals surface area contributed by atoms with Gasteiger partial charge in [-0.3, -0.25) is 0 Å². The first-order valence-electron chi connectivity index (χ1n) is 9.64. The van der Waals surface area contributed by atoms with E-state index in [1.165, 1.54) is 7.11 Å². The van der Waals surface area contributed by atoms with Crippen LogP contribution in [0.3, 0.4) is 0 Å². The van der Waals surface area contributed by atoms with E-state index in [4.69, 9.17) is 14.2 Å². The number of ether oxygens (including phenoxy) is 3. The minimum absolute atomic E-state index is 0.0780. The minimum atomic E-state index is -1.17. The molecule has 1 N–H and O–H groups in total. The van der Waals surface area contributed by atoms with Crippen LogP contribution < -0.4 is 0 Å². The fourth-order valence-electron chi connectivity index (χ4n) is 5.11. The number of methoxy groups -OCH3 is 1. The van der Waals surface area contributed by atoms with Gasteiger partial charge < -0.3 is 19.3 Å². The van der Waals surface area contributed by atoms with Gasteiger partial charge in [0.1, 0.15) is 6.10 Å². The highest BCUT2D eigenvalue weighted by Crippen LogP contribution is 2.60. The monoisotopic (exact) mass is 378 g/mol. The zero-order valence-corrected chi connectivity index (χ0v) is 17.0. The summed E-state index contributed by atoms with van der Waals surface area (Å²) in [5.41, 5.74) is 0.974. The second-order valence-corrected chi connectivity index (χ2v) is 8.34. The fourth-order valence-corrected chi connectivity index (χ4v) is 5.11. The van der Waals surface area contributed by atoms with Crippen molar-refractivity contribution in [1.82, 2.24) is 0 Å². The molecular formula is C21H30O6. The number of aliphatic hydroxyl groups is 1. The Labute approximate surface area is 160 Å². The van der Waals surface area contributed by atoms with Gasteiger partial charge in [-0.2, -0.15) is 0 Å². The molecule has 0 amide bonds. The molecule has 2 aliphatic carbocycles. The van der Waals surface area contributed by atoms with Crippen molar-refractivity contribution < 1.29 is 28.9 Å². The molecule has 0 aromatic heterocycles. The molecule has 0 bridgehead atoms. The third-order valence-electron chi connectivity index (χ3n) is 7.32. The Morgan fingerprint density at radius 1 is 1.37 bits per heavy atom. The van der Waals surface area contributed by atoms with Crippen molar-refractivity contribution >= 4 is 11.9 Å². The quantitative estimate of drug-likeness (QED) is 0.601. The fraction of sp³-hybridized carbons (Fsp3) is 0.714. The number of carbonyl (C=O) groups is 2. The Bertz CT molecular complexity index is 722. The topological polar surface area (TPSA) is 82.1 Å². The summed E-state index contributed by atoms with van der Waals surface area (Å²) in [4.78, 5) is 24.5. The smallest absolute Gasteiger partial charge is 0.336 e. The SMILES string of the molecule is CC=C(C)C(=O)O[C@H]1CC[C@@H]2C[C@]3(OC)OC(=O)C(C)=C3[C@H](O)[C@]2(C)[C@H]1C. The standard InChI is InChI=1S/C21H30O6/c1-7-11(2)18(23)26-15-9-8-14-10-21(25-6)16(12(3)19(24)27-21)17(22)20(14,5)13(15)4/h7,13-15,17,22H,8-10H2,1-6H3/t13-,14+,15-,17-,20+,21-/m0/s1. The van der Waals surface area contributed by atoms with Gasteiger partial charge in [0.05, 0.1) is 6.10 Å². The van der Waals surface area contributed by atoms with Gasteiger partial charge in [0.15, 0.2) is 0 Å². The molecule has 2 fully saturated rings. The van der Waals surface area contributed by atoms with E-state index < -0.39 is 23.3 Å². The molecule has 27 heavy (non-hydrogen) atoms. The molecule has 0 radical (unpaired) electrons. The van der Waals surface area contributed by atoms with Crippen LogP contribution in [0.15, 0.2) is 22.8 Å². The summed E-state index contributed by atoms with van der Waals surface area (Å²) in [6, 6.07) is 0. The molecule has 6 nitrogen and oxygen atoms in total. The number of allylic oxidation sites excluding steroid dienone is 1. The van der Waals surface area contributed by atoms with Gasteiger partial charge in [-0.1, -0.05) is 19.9 Å². The molecule has 6 heteroatoms. The summed E-state index contributed by atoms with van der Waals surface area (Å²) >= 11 is 0. The number of aliphatic hydroxyl groups excluding tert-OH is 1. The van der Waals surface area contributed by atoms with E-state index in [-0.39, 0.29) is 23.9 Å². The zero-order chi connectivity index (χ0) is 20.1. The Kier molecular flexibility index (Phi) is 5.02. The van der Waals surface area contributed by atoms with E-state index in [0.29, 0.717) is 29.6 Å². The van der Waals surface area contributed by atoms with Crippen molar-refractivity contribution in [3.63, 3.8) is 0 Å². The molecule has 2 saturated carbocycles. The van der Waals surface area contributed by atoms with Gasteiger partial charge in [-0.15, -0.1) is 0 Å². The molecule has 0 aromatic carbocycles. The van der Waals surface area contributed by atoms with E-state index in [1.807, 2.05) is 13.8 Å². The van der Waals surface area contributed by atoms with Crippen molar-refractivity contribution in [3.8, 4) is 0 Å². The highest BCUT2D eigenvalue weighted by atomic mass is 16.7. The van der Waals surface area contributed by atoms with Gasteiger partial charge in [-0.05, 0) is 39.5 Å². The molecular weight excluding hydrogens is 348 g/mol. The first-order chi connectivity index (χ1) is 12.6. The summed E-state index contributed by atoms with van der Waals surface area (Å²) in [6.45, 7) is 9.26. The second kappa shape index (κ2) is 6.74. The van der Waals surface area contributed by atoms with E-state index in [0.717, 1.165) is 6.42 Å². The maximum Gasteiger partial charge on any atom is 0.336 e. The van der Waals surface area contributed by atoms with Gasteiger partial charge >= 0.3 is 11.9 Å². The summed E-state index contributed by atoms with van der Waals surface area (Å²) in [5.74, 6) is -1.92. The number of esters is 2. The predicted octanol–water partition coefficient (Wildman–Crippen LogP) is 2.90. The van der Waals surface area contributed by atoms with Crippen LogP contribution in [-0.4, -0.2) is 42.1 Å². The largest absolute Gasteiger partial charge is 0.459 e. The average Bonchev–Trinajstić information content (AvgIpc) is 2.90. The lowest BCUT2D eigenvalue weighted by atomic mass is 9.51. The van der Waals surface area contributed by atoms with Crippen LogP contribution in [-0.2, 0) is 23.8 Å². The van der Waals surface area contributed by atoms with E-state index in [1.54, 1.807) is 26.8 Å². The van der Waals surface area contributed by atoms with Crippen LogP contribution in [0.2, 0.25) is 0 Å². The molecule has 3 rings (SSSR count). The lowest BCUT2D eigenvalue weighted by Gasteiger charge is -2.57. The van der Waals surface area contributed by atoms with Crippen molar-refractivity contribution in [2.45, 2.75) is 71.9 Å². The van der Waals surface area contributed by atoms with Gasteiger partial charge in [0.2, 0.25) is 5.79 Å². The number of hydrogen-bond acceptors (Lipinski definition) is 6. The van der Waals surface area contributed by atoms with Gasteiger partial charge in [-0.25, -0.2) is 9.59 Å². The Morgan fingerprint density at radius 3 is 2.63 bits per heavy atom. The number of fused-ring (bicyclic) bond motifs is 2. The predicted molar refractivity (Wildman–Crippen MR) is 98.5 cm³/mol. The second-order valence-electron chi connectivity index (χ2n) is 8.34. The lowest BCUT2D eigenvalue weighted by Crippen LogP contribution is -2.61. The number of hydrogen-bond donors (Lipinski definition) is 1. The molecule has 0 unspecified atom stereocenters. The van der Waals surface area contributed by atoms with Crippen LogP contribution in [0.5, 0.6) is 0 Å². The van der Waals surface area contributed by atoms with Gasteiger partial charge in [0.25, 0.3) is 0 Å². The maximum absolute atomic E-state index is 12.3. The third kappa shape index (κ3) is 2.76. The van der Waals surface area contributed by atoms with E-state index in [2.05, 4.69) is 0 Å². The van der Waals surface area contributed by atoms with Crippen LogP contribution in [0.4, 0.5) is 0 Å².